The standard InChI is InChI=1S/C14H12ClN5/c15-12-4-2-1-3-11(12)9-17-13-5-6-14(19-18-13)20-8-7-16-10-20/h1-8,10H,9H2,(H,17,18). The van der Waals surface area contributed by atoms with Crippen molar-refractivity contribution in [3.63, 3.8) is 0 Å². The van der Waals surface area contributed by atoms with Crippen molar-refractivity contribution in [2.75, 3.05) is 5.32 Å². The van der Waals surface area contributed by atoms with Crippen LogP contribution >= 0.6 is 11.6 Å². The predicted molar refractivity (Wildman–Crippen MR) is 77.9 cm³/mol. The molecular formula is C14H12ClN5. The molecule has 0 fully saturated rings. The van der Waals surface area contributed by atoms with Crippen molar-refractivity contribution in [2.45, 2.75) is 6.54 Å². The van der Waals surface area contributed by atoms with E-state index in [2.05, 4.69) is 20.5 Å². The molecule has 5 nitrogen and oxygen atoms in total. The molecule has 1 aromatic carbocycles. The monoisotopic (exact) mass is 285 g/mol. The van der Waals surface area contributed by atoms with Gasteiger partial charge in [-0.3, -0.25) is 4.57 Å². The Hall–Kier alpha value is -2.40. The number of halogens is 1. The van der Waals surface area contributed by atoms with Gasteiger partial charge < -0.3 is 5.32 Å². The maximum atomic E-state index is 6.10. The highest BCUT2D eigenvalue weighted by atomic mass is 35.5. The minimum atomic E-state index is 0.610. The number of imidazole rings is 1. The first-order valence-electron chi connectivity index (χ1n) is 6.12. The summed E-state index contributed by atoms with van der Waals surface area (Å²) in [4.78, 5) is 3.97. The van der Waals surface area contributed by atoms with Gasteiger partial charge in [0.2, 0.25) is 0 Å². The quantitative estimate of drug-likeness (QED) is 0.801. The fraction of sp³-hybridized carbons (Fsp3) is 0.0714. The average Bonchev–Trinajstić information content (AvgIpc) is 3.01. The van der Waals surface area contributed by atoms with Crippen LogP contribution in [-0.4, -0.2) is 19.7 Å². The van der Waals surface area contributed by atoms with Crippen LogP contribution in [0.3, 0.4) is 0 Å². The molecule has 0 bridgehead atoms. The third-order valence-electron chi connectivity index (χ3n) is 2.84. The topological polar surface area (TPSA) is 55.6 Å². The molecule has 0 amide bonds. The molecule has 0 unspecified atom stereocenters. The Morgan fingerprint density at radius 2 is 2.00 bits per heavy atom. The Balaban J connectivity index is 1.68. The lowest BCUT2D eigenvalue weighted by Crippen LogP contribution is -2.04. The molecule has 0 spiro atoms. The molecule has 0 aliphatic heterocycles. The van der Waals surface area contributed by atoms with Gasteiger partial charge in [-0.2, -0.15) is 0 Å². The van der Waals surface area contributed by atoms with E-state index in [0.29, 0.717) is 12.4 Å². The highest BCUT2D eigenvalue weighted by Crippen LogP contribution is 2.16. The van der Waals surface area contributed by atoms with E-state index in [9.17, 15) is 0 Å². The van der Waals surface area contributed by atoms with Gasteiger partial charge in [0.1, 0.15) is 12.1 Å². The zero-order valence-electron chi connectivity index (χ0n) is 10.6. The highest BCUT2D eigenvalue weighted by Gasteiger charge is 2.01. The van der Waals surface area contributed by atoms with Crippen molar-refractivity contribution < 1.29 is 0 Å². The van der Waals surface area contributed by atoms with Gasteiger partial charge in [0, 0.05) is 24.0 Å². The van der Waals surface area contributed by atoms with Crippen LogP contribution in [0.1, 0.15) is 5.56 Å². The van der Waals surface area contributed by atoms with Crippen LogP contribution in [0.5, 0.6) is 0 Å². The maximum Gasteiger partial charge on any atom is 0.160 e. The third-order valence-corrected chi connectivity index (χ3v) is 3.21. The SMILES string of the molecule is Clc1ccccc1CNc1ccc(-n2ccnc2)nn1. The Morgan fingerprint density at radius 1 is 1.10 bits per heavy atom. The summed E-state index contributed by atoms with van der Waals surface area (Å²) in [6, 6.07) is 11.5. The summed E-state index contributed by atoms with van der Waals surface area (Å²) >= 11 is 6.10. The smallest absolute Gasteiger partial charge is 0.160 e. The third kappa shape index (κ3) is 2.78. The van der Waals surface area contributed by atoms with Gasteiger partial charge in [0.05, 0.1) is 0 Å². The second-order valence-electron chi connectivity index (χ2n) is 4.19. The number of aromatic nitrogens is 4. The lowest BCUT2D eigenvalue weighted by Gasteiger charge is -2.07. The molecular weight excluding hydrogens is 274 g/mol. The molecule has 6 heteroatoms. The minimum Gasteiger partial charge on any atom is -0.364 e. The predicted octanol–water partition coefficient (Wildman–Crippen LogP) is 2.93. The molecule has 0 aliphatic rings. The number of rotatable bonds is 4. The van der Waals surface area contributed by atoms with Crippen molar-refractivity contribution in [1.29, 1.82) is 0 Å². The Morgan fingerprint density at radius 3 is 2.70 bits per heavy atom. The molecule has 0 aliphatic carbocycles. The summed E-state index contributed by atoms with van der Waals surface area (Å²) in [5.74, 6) is 1.43. The van der Waals surface area contributed by atoms with Crippen molar-refractivity contribution in [1.82, 2.24) is 19.7 Å². The number of hydrogen-bond donors (Lipinski definition) is 1. The van der Waals surface area contributed by atoms with Crippen LogP contribution in [0.2, 0.25) is 5.02 Å². The molecule has 2 aromatic heterocycles. The lowest BCUT2D eigenvalue weighted by molar-refractivity contribution is 0.907. The fourth-order valence-electron chi connectivity index (χ4n) is 1.78. The number of nitrogens with one attached hydrogen (secondary N) is 1. The van der Waals surface area contributed by atoms with E-state index in [1.807, 2.05) is 42.6 Å². The fourth-order valence-corrected chi connectivity index (χ4v) is 1.98. The molecule has 0 saturated carbocycles. The van der Waals surface area contributed by atoms with Gasteiger partial charge in [-0.05, 0) is 23.8 Å². The van der Waals surface area contributed by atoms with Crippen molar-refractivity contribution in [2.24, 2.45) is 0 Å². The summed E-state index contributed by atoms with van der Waals surface area (Å²) < 4.78 is 1.80. The second kappa shape index (κ2) is 5.71. The van der Waals surface area contributed by atoms with Gasteiger partial charge in [-0.25, -0.2) is 4.98 Å². The van der Waals surface area contributed by atoms with Crippen LogP contribution < -0.4 is 5.32 Å². The van der Waals surface area contributed by atoms with E-state index in [-0.39, 0.29) is 0 Å². The Kier molecular flexibility index (Phi) is 3.60. The Bertz CT molecular complexity index is 679. The molecule has 0 saturated heterocycles. The molecule has 2 heterocycles. The van der Waals surface area contributed by atoms with Crippen LogP contribution in [0.4, 0.5) is 5.82 Å². The van der Waals surface area contributed by atoms with Crippen LogP contribution in [0.15, 0.2) is 55.1 Å². The zero-order valence-corrected chi connectivity index (χ0v) is 11.3. The van der Waals surface area contributed by atoms with E-state index in [1.54, 1.807) is 17.1 Å². The van der Waals surface area contributed by atoms with Crippen molar-refractivity contribution >= 4 is 17.4 Å². The number of hydrogen-bond acceptors (Lipinski definition) is 4. The summed E-state index contributed by atoms with van der Waals surface area (Å²) in [6.45, 7) is 0.610. The molecule has 0 atom stereocenters. The minimum absolute atomic E-state index is 0.610. The lowest BCUT2D eigenvalue weighted by atomic mass is 10.2. The molecule has 3 rings (SSSR count). The molecule has 100 valence electrons. The summed E-state index contributed by atoms with van der Waals surface area (Å²) in [5, 5.41) is 12.2. The number of benzene rings is 1. The van der Waals surface area contributed by atoms with Crippen LogP contribution in [0.25, 0.3) is 5.82 Å². The first kappa shape index (κ1) is 12.6. The first-order valence-corrected chi connectivity index (χ1v) is 6.50. The highest BCUT2D eigenvalue weighted by molar-refractivity contribution is 6.31. The maximum absolute atomic E-state index is 6.10. The summed E-state index contributed by atoms with van der Waals surface area (Å²) in [5.41, 5.74) is 1.02. The van der Waals surface area contributed by atoms with Crippen LogP contribution in [-0.2, 0) is 6.54 Å². The van der Waals surface area contributed by atoms with E-state index < -0.39 is 0 Å². The first-order chi connectivity index (χ1) is 9.83. The van der Waals surface area contributed by atoms with Gasteiger partial charge >= 0.3 is 0 Å². The van der Waals surface area contributed by atoms with Gasteiger partial charge in [0.25, 0.3) is 0 Å². The molecule has 3 aromatic rings. The molecule has 20 heavy (non-hydrogen) atoms. The summed E-state index contributed by atoms with van der Waals surface area (Å²) in [6.07, 6.45) is 5.20. The van der Waals surface area contributed by atoms with E-state index in [1.165, 1.54) is 0 Å². The largest absolute Gasteiger partial charge is 0.364 e. The molecule has 1 N–H and O–H groups in total. The van der Waals surface area contributed by atoms with Gasteiger partial charge in [-0.15, -0.1) is 10.2 Å². The van der Waals surface area contributed by atoms with E-state index in [4.69, 9.17) is 11.6 Å². The zero-order chi connectivity index (χ0) is 13.8. The van der Waals surface area contributed by atoms with Gasteiger partial charge in [0.15, 0.2) is 5.82 Å². The van der Waals surface area contributed by atoms with E-state index in [0.717, 1.165) is 16.4 Å². The van der Waals surface area contributed by atoms with E-state index >= 15 is 0 Å². The average molecular weight is 286 g/mol. The Labute approximate surface area is 121 Å². The number of nitrogens with zero attached hydrogens (tertiary/aromatic N) is 4. The van der Waals surface area contributed by atoms with Gasteiger partial charge in [-0.1, -0.05) is 29.8 Å². The van der Waals surface area contributed by atoms with Crippen LogP contribution in [0, 0.1) is 0 Å². The molecule has 0 radical (unpaired) electrons. The summed E-state index contributed by atoms with van der Waals surface area (Å²) in [7, 11) is 0. The van der Waals surface area contributed by atoms with Crippen molar-refractivity contribution in [3.8, 4) is 5.82 Å². The normalized spacial score (nSPS) is 10.4. The van der Waals surface area contributed by atoms with Crippen molar-refractivity contribution in [3.05, 3.63) is 65.7 Å². The number of anilines is 1. The second-order valence-corrected chi connectivity index (χ2v) is 4.60.